The zero-order valence-corrected chi connectivity index (χ0v) is 13.0. The molecule has 1 N–H and O–H groups in total. The highest BCUT2D eigenvalue weighted by Crippen LogP contribution is 2.11. The molecule has 112 valence electrons. The lowest BCUT2D eigenvalue weighted by atomic mass is 10.1. The average Bonchev–Trinajstić information content (AvgIpc) is 2.39. The van der Waals surface area contributed by atoms with Crippen molar-refractivity contribution in [2.75, 3.05) is 13.6 Å². The molecule has 1 amide bonds. The highest BCUT2D eigenvalue weighted by atomic mass is 32.2. The quantitative estimate of drug-likeness (QED) is 0.845. The van der Waals surface area contributed by atoms with E-state index in [1.54, 1.807) is 6.07 Å². The van der Waals surface area contributed by atoms with Crippen LogP contribution in [0.25, 0.3) is 0 Å². The van der Waals surface area contributed by atoms with Gasteiger partial charge >= 0.3 is 0 Å². The van der Waals surface area contributed by atoms with E-state index in [2.05, 4.69) is 10.3 Å². The van der Waals surface area contributed by atoms with Gasteiger partial charge in [0.25, 0.3) is 0 Å². The second kappa shape index (κ2) is 6.81. The second-order valence-electron chi connectivity index (χ2n) is 5.05. The number of hydrogen-bond donors (Lipinski definition) is 1. The molecule has 0 saturated heterocycles. The Hall–Kier alpha value is -1.47. The molecule has 1 rings (SSSR count). The number of carbonyl (C=O) groups excluding carboxylic acids is 1. The van der Waals surface area contributed by atoms with Crippen LogP contribution in [-0.2, 0) is 14.8 Å². The largest absolute Gasteiger partial charge is 0.352 e. The van der Waals surface area contributed by atoms with E-state index in [1.807, 2.05) is 20.8 Å². The summed E-state index contributed by atoms with van der Waals surface area (Å²) in [4.78, 5) is 15.7. The van der Waals surface area contributed by atoms with E-state index in [-0.39, 0.29) is 23.4 Å². The zero-order valence-electron chi connectivity index (χ0n) is 12.2. The van der Waals surface area contributed by atoms with E-state index in [0.717, 1.165) is 4.31 Å². The van der Waals surface area contributed by atoms with Gasteiger partial charge in [-0.15, -0.1) is 0 Å². The summed E-state index contributed by atoms with van der Waals surface area (Å²) in [6.07, 6.45) is 2.76. The fourth-order valence-electron chi connectivity index (χ4n) is 1.43. The van der Waals surface area contributed by atoms with Crippen LogP contribution in [-0.4, -0.2) is 43.2 Å². The number of pyridine rings is 1. The van der Waals surface area contributed by atoms with Gasteiger partial charge in [0.1, 0.15) is 4.90 Å². The smallest absolute Gasteiger partial charge is 0.244 e. The number of rotatable bonds is 6. The third-order valence-electron chi connectivity index (χ3n) is 3.10. The summed E-state index contributed by atoms with van der Waals surface area (Å²) in [5, 5.41) is 2.77. The lowest BCUT2D eigenvalue weighted by Crippen LogP contribution is -2.43. The van der Waals surface area contributed by atoms with Gasteiger partial charge in [-0.1, -0.05) is 13.8 Å². The molecule has 1 aromatic heterocycles. The Balaban J connectivity index is 2.71. The molecule has 20 heavy (non-hydrogen) atoms. The van der Waals surface area contributed by atoms with Crippen LogP contribution >= 0.6 is 0 Å². The van der Waals surface area contributed by atoms with E-state index in [1.165, 1.54) is 25.5 Å². The maximum atomic E-state index is 12.2. The molecule has 0 radical (unpaired) electrons. The lowest BCUT2D eigenvalue weighted by Gasteiger charge is -2.20. The number of hydrogen-bond acceptors (Lipinski definition) is 4. The predicted octanol–water partition coefficient (Wildman–Crippen LogP) is 0.863. The van der Waals surface area contributed by atoms with E-state index >= 15 is 0 Å². The number of nitrogens with zero attached hydrogens (tertiary/aromatic N) is 2. The minimum Gasteiger partial charge on any atom is -0.352 e. The fraction of sp³-hybridized carbons (Fsp3) is 0.538. The lowest BCUT2D eigenvalue weighted by molar-refractivity contribution is -0.122. The summed E-state index contributed by atoms with van der Waals surface area (Å²) in [5.41, 5.74) is 0. The molecule has 0 bridgehead atoms. The van der Waals surface area contributed by atoms with Gasteiger partial charge in [0.05, 0.1) is 6.54 Å². The first-order valence-corrected chi connectivity index (χ1v) is 7.85. The minimum absolute atomic E-state index is 0.00278. The summed E-state index contributed by atoms with van der Waals surface area (Å²) in [5.74, 6) is -0.0275. The van der Waals surface area contributed by atoms with E-state index < -0.39 is 10.0 Å². The Bertz CT molecular complexity index is 543. The van der Waals surface area contributed by atoms with E-state index in [9.17, 15) is 13.2 Å². The number of carbonyl (C=O) groups is 1. The molecule has 1 aromatic rings. The Morgan fingerprint density at radius 1 is 1.40 bits per heavy atom. The monoisotopic (exact) mass is 299 g/mol. The molecule has 0 saturated carbocycles. The van der Waals surface area contributed by atoms with Crippen molar-refractivity contribution < 1.29 is 13.2 Å². The number of likely N-dealkylation sites (N-methyl/N-ethyl adjacent to an activating group) is 1. The topological polar surface area (TPSA) is 79.4 Å². The van der Waals surface area contributed by atoms with Crippen molar-refractivity contribution >= 4 is 15.9 Å². The number of nitrogens with one attached hydrogen (secondary N) is 1. The van der Waals surface area contributed by atoms with Crippen molar-refractivity contribution in [2.45, 2.75) is 31.7 Å². The van der Waals surface area contributed by atoms with Gasteiger partial charge in [0.15, 0.2) is 0 Å². The maximum Gasteiger partial charge on any atom is 0.244 e. The van der Waals surface area contributed by atoms with Gasteiger partial charge in [0.2, 0.25) is 15.9 Å². The van der Waals surface area contributed by atoms with Crippen molar-refractivity contribution in [3.05, 3.63) is 24.5 Å². The number of aromatic nitrogens is 1. The van der Waals surface area contributed by atoms with Crippen LogP contribution in [0.4, 0.5) is 0 Å². The molecule has 0 aromatic carbocycles. The Morgan fingerprint density at radius 3 is 2.55 bits per heavy atom. The van der Waals surface area contributed by atoms with Crippen molar-refractivity contribution in [3.8, 4) is 0 Å². The van der Waals surface area contributed by atoms with Crippen LogP contribution in [0.1, 0.15) is 20.8 Å². The van der Waals surface area contributed by atoms with Gasteiger partial charge in [-0.25, -0.2) is 8.42 Å². The molecule has 0 spiro atoms. The summed E-state index contributed by atoms with van der Waals surface area (Å²) in [6, 6.07) is 2.99. The van der Waals surface area contributed by atoms with Crippen LogP contribution in [0.3, 0.4) is 0 Å². The third-order valence-corrected chi connectivity index (χ3v) is 4.88. The Morgan fingerprint density at radius 2 is 2.05 bits per heavy atom. The SMILES string of the molecule is CC(C)[C@@H](C)NC(=O)CN(C)S(=O)(=O)c1cccnc1. The highest BCUT2D eigenvalue weighted by Gasteiger charge is 2.23. The van der Waals surface area contributed by atoms with Crippen LogP contribution in [0.5, 0.6) is 0 Å². The predicted molar refractivity (Wildman–Crippen MR) is 76.5 cm³/mol. The molecule has 0 unspecified atom stereocenters. The zero-order chi connectivity index (χ0) is 15.3. The van der Waals surface area contributed by atoms with Gasteiger partial charge in [-0.05, 0) is 25.0 Å². The van der Waals surface area contributed by atoms with Crippen molar-refractivity contribution in [1.82, 2.24) is 14.6 Å². The van der Waals surface area contributed by atoms with Crippen LogP contribution in [0, 0.1) is 5.92 Å². The van der Waals surface area contributed by atoms with Gasteiger partial charge in [0, 0.05) is 25.5 Å². The highest BCUT2D eigenvalue weighted by molar-refractivity contribution is 7.89. The summed E-state index contributed by atoms with van der Waals surface area (Å²) in [6.45, 7) is 5.65. The summed E-state index contributed by atoms with van der Waals surface area (Å²) < 4.78 is 25.4. The Labute approximate surface area is 120 Å². The van der Waals surface area contributed by atoms with Gasteiger partial charge < -0.3 is 5.32 Å². The molecule has 7 heteroatoms. The average molecular weight is 299 g/mol. The van der Waals surface area contributed by atoms with Crippen LogP contribution < -0.4 is 5.32 Å². The first-order chi connectivity index (χ1) is 9.25. The van der Waals surface area contributed by atoms with Gasteiger partial charge in [-0.3, -0.25) is 9.78 Å². The normalized spacial score (nSPS) is 13.5. The second-order valence-corrected chi connectivity index (χ2v) is 7.09. The Kier molecular flexibility index (Phi) is 5.64. The first kappa shape index (κ1) is 16.6. The maximum absolute atomic E-state index is 12.2. The molecular formula is C13H21N3O3S. The molecule has 1 atom stereocenters. The number of amides is 1. The first-order valence-electron chi connectivity index (χ1n) is 6.41. The molecule has 1 heterocycles. The van der Waals surface area contributed by atoms with Crippen LogP contribution in [0.2, 0.25) is 0 Å². The van der Waals surface area contributed by atoms with E-state index in [4.69, 9.17) is 0 Å². The molecule has 0 aliphatic carbocycles. The standard InChI is InChI=1S/C13H21N3O3S/c1-10(2)11(3)15-13(17)9-16(4)20(18,19)12-6-5-7-14-8-12/h5-8,10-11H,9H2,1-4H3,(H,15,17)/t11-/m1/s1. The van der Waals surface area contributed by atoms with Crippen molar-refractivity contribution in [2.24, 2.45) is 5.92 Å². The summed E-state index contributed by atoms with van der Waals surface area (Å²) >= 11 is 0. The van der Waals surface area contributed by atoms with Crippen molar-refractivity contribution in [3.63, 3.8) is 0 Å². The minimum atomic E-state index is -3.68. The number of sulfonamides is 1. The molecule has 0 aliphatic heterocycles. The van der Waals surface area contributed by atoms with E-state index in [0.29, 0.717) is 5.92 Å². The summed E-state index contributed by atoms with van der Waals surface area (Å²) in [7, 11) is -2.30. The molecule has 6 nitrogen and oxygen atoms in total. The fourth-order valence-corrected chi connectivity index (χ4v) is 2.52. The van der Waals surface area contributed by atoms with Gasteiger partial charge in [-0.2, -0.15) is 4.31 Å². The van der Waals surface area contributed by atoms with Crippen LogP contribution in [0.15, 0.2) is 29.4 Å². The molecular weight excluding hydrogens is 278 g/mol. The molecule has 0 fully saturated rings. The van der Waals surface area contributed by atoms with Crippen molar-refractivity contribution in [1.29, 1.82) is 0 Å². The molecule has 0 aliphatic rings. The third kappa shape index (κ3) is 4.28.